The number of thiophene rings is 1. The van der Waals surface area contributed by atoms with Gasteiger partial charge >= 0.3 is 0 Å². The first-order valence-corrected chi connectivity index (χ1v) is 7.51. The molecular weight excluding hydrogens is 268 g/mol. The van der Waals surface area contributed by atoms with Crippen LogP contribution in [0.2, 0.25) is 0 Å². The quantitative estimate of drug-likeness (QED) is 0.752. The summed E-state index contributed by atoms with van der Waals surface area (Å²) >= 11 is 1.61. The summed E-state index contributed by atoms with van der Waals surface area (Å²) in [6, 6.07) is 14.1. The fourth-order valence-corrected chi connectivity index (χ4v) is 2.99. The lowest BCUT2D eigenvalue weighted by molar-refractivity contribution is 0.0947. The molecule has 0 aliphatic carbocycles. The standard InChI is InChI=1S/C16H16N2OS/c1-11(12-5-3-2-4-6-12)10-17-15(19)14-9-13-7-8-20-16(13)18-14/h2-9,11,18H,10H2,1H3,(H,17,19). The molecule has 0 fully saturated rings. The third-order valence-corrected chi connectivity index (χ3v) is 4.27. The molecule has 102 valence electrons. The normalized spacial score (nSPS) is 12.4. The van der Waals surface area contributed by atoms with E-state index in [0.29, 0.717) is 18.2 Å². The van der Waals surface area contributed by atoms with Crippen LogP contribution in [-0.2, 0) is 0 Å². The van der Waals surface area contributed by atoms with Crippen LogP contribution in [0.15, 0.2) is 47.8 Å². The van der Waals surface area contributed by atoms with Crippen molar-refractivity contribution in [3.63, 3.8) is 0 Å². The largest absolute Gasteiger partial charge is 0.350 e. The number of rotatable bonds is 4. The van der Waals surface area contributed by atoms with Gasteiger partial charge in [0.25, 0.3) is 5.91 Å². The number of hydrogen-bond acceptors (Lipinski definition) is 2. The zero-order chi connectivity index (χ0) is 13.9. The van der Waals surface area contributed by atoms with Gasteiger partial charge in [0.15, 0.2) is 0 Å². The first-order chi connectivity index (χ1) is 9.74. The number of H-pyrrole nitrogens is 1. The molecule has 0 radical (unpaired) electrons. The summed E-state index contributed by atoms with van der Waals surface area (Å²) in [7, 11) is 0. The van der Waals surface area contributed by atoms with Crippen LogP contribution in [0.1, 0.15) is 28.9 Å². The van der Waals surface area contributed by atoms with Gasteiger partial charge in [-0.2, -0.15) is 0 Å². The van der Waals surface area contributed by atoms with Crippen LogP contribution >= 0.6 is 11.3 Å². The van der Waals surface area contributed by atoms with Crippen LogP contribution in [0.3, 0.4) is 0 Å². The molecule has 1 unspecified atom stereocenters. The molecule has 0 saturated carbocycles. The third kappa shape index (κ3) is 2.60. The zero-order valence-corrected chi connectivity index (χ0v) is 12.0. The van der Waals surface area contributed by atoms with Crippen molar-refractivity contribution in [2.45, 2.75) is 12.8 Å². The molecule has 3 nitrogen and oxygen atoms in total. The van der Waals surface area contributed by atoms with Crippen molar-refractivity contribution in [3.05, 3.63) is 59.1 Å². The maximum atomic E-state index is 12.1. The van der Waals surface area contributed by atoms with E-state index < -0.39 is 0 Å². The van der Waals surface area contributed by atoms with Gasteiger partial charge in [-0.05, 0) is 29.0 Å². The number of fused-ring (bicyclic) bond motifs is 1. The van der Waals surface area contributed by atoms with Crippen molar-refractivity contribution in [2.24, 2.45) is 0 Å². The van der Waals surface area contributed by atoms with E-state index in [9.17, 15) is 4.79 Å². The Balaban J connectivity index is 1.63. The smallest absolute Gasteiger partial charge is 0.267 e. The molecule has 1 amide bonds. The lowest BCUT2D eigenvalue weighted by Gasteiger charge is -2.12. The second-order valence-corrected chi connectivity index (χ2v) is 5.83. The second kappa shape index (κ2) is 5.51. The number of benzene rings is 1. The number of nitrogens with one attached hydrogen (secondary N) is 2. The molecule has 2 N–H and O–H groups in total. The van der Waals surface area contributed by atoms with Crippen LogP contribution in [0.5, 0.6) is 0 Å². The fraction of sp³-hybridized carbons (Fsp3) is 0.188. The van der Waals surface area contributed by atoms with E-state index in [0.717, 1.165) is 10.2 Å². The SMILES string of the molecule is CC(CNC(=O)c1cc2ccsc2[nH]1)c1ccccc1. The highest BCUT2D eigenvalue weighted by Crippen LogP contribution is 2.21. The Hall–Kier alpha value is -2.07. The molecule has 3 aromatic rings. The number of hydrogen-bond donors (Lipinski definition) is 2. The Morgan fingerprint density at radius 3 is 2.85 bits per heavy atom. The van der Waals surface area contributed by atoms with Gasteiger partial charge in [0.2, 0.25) is 0 Å². The summed E-state index contributed by atoms with van der Waals surface area (Å²) < 4.78 is 0. The van der Waals surface area contributed by atoms with Gasteiger partial charge < -0.3 is 10.3 Å². The van der Waals surface area contributed by atoms with Gasteiger partial charge in [-0.1, -0.05) is 37.3 Å². The van der Waals surface area contributed by atoms with Gasteiger partial charge in [-0.15, -0.1) is 11.3 Å². The van der Waals surface area contributed by atoms with E-state index in [1.54, 1.807) is 11.3 Å². The van der Waals surface area contributed by atoms with Gasteiger partial charge in [0.1, 0.15) is 10.5 Å². The molecular formula is C16H16N2OS. The Bertz CT molecular complexity index is 686. The van der Waals surface area contributed by atoms with Crippen LogP contribution in [0.4, 0.5) is 0 Å². The average molecular weight is 284 g/mol. The van der Waals surface area contributed by atoms with E-state index in [4.69, 9.17) is 0 Å². The summed E-state index contributed by atoms with van der Waals surface area (Å²) in [4.78, 5) is 16.3. The predicted octanol–water partition coefficient (Wildman–Crippen LogP) is 3.76. The van der Waals surface area contributed by atoms with E-state index in [2.05, 4.69) is 29.4 Å². The molecule has 0 saturated heterocycles. The average Bonchev–Trinajstić information content (AvgIpc) is 3.06. The molecule has 0 aliphatic heterocycles. The van der Waals surface area contributed by atoms with Crippen LogP contribution < -0.4 is 5.32 Å². The highest BCUT2D eigenvalue weighted by Gasteiger charge is 2.12. The molecule has 20 heavy (non-hydrogen) atoms. The molecule has 2 heterocycles. The molecule has 4 heteroatoms. The van der Waals surface area contributed by atoms with Crippen molar-refractivity contribution in [3.8, 4) is 0 Å². The van der Waals surface area contributed by atoms with E-state index in [1.807, 2.05) is 35.7 Å². The van der Waals surface area contributed by atoms with E-state index in [1.165, 1.54) is 5.56 Å². The summed E-state index contributed by atoms with van der Waals surface area (Å²) in [5, 5.41) is 6.09. The molecule has 1 aromatic carbocycles. The van der Waals surface area contributed by atoms with Crippen molar-refractivity contribution in [1.82, 2.24) is 10.3 Å². The third-order valence-electron chi connectivity index (χ3n) is 3.43. The van der Waals surface area contributed by atoms with Crippen molar-refractivity contribution in [1.29, 1.82) is 0 Å². The minimum atomic E-state index is -0.0452. The summed E-state index contributed by atoms with van der Waals surface area (Å²) in [6.07, 6.45) is 0. The predicted molar refractivity (Wildman–Crippen MR) is 83.4 cm³/mol. The number of aromatic amines is 1. The summed E-state index contributed by atoms with van der Waals surface area (Å²) in [5.74, 6) is 0.257. The molecule has 0 spiro atoms. The highest BCUT2D eigenvalue weighted by molar-refractivity contribution is 7.16. The van der Waals surface area contributed by atoms with E-state index in [-0.39, 0.29) is 5.91 Å². The van der Waals surface area contributed by atoms with Crippen LogP contribution in [0, 0.1) is 0 Å². The van der Waals surface area contributed by atoms with Gasteiger partial charge in [0, 0.05) is 11.9 Å². The molecule has 0 bridgehead atoms. The summed E-state index contributed by atoms with van der Waals surface area (Å²) in [5.41, 5.74) is 1.87. The van der Waals surface area contributed by atoms with Crippen LogP contribution in [0.25, 0.3) is 10.2 Å². The van der Waals surface area contributed by atoms with Crippen molar-refractivity contribution < 1.29 is 4.79 Å². The highest BCUT2D eigenvalue weighted by atomic mass is 32.1. The number of amides is 1. The summed E-state index contributed by atoms with van der Waals surface area (Å²) in [6.45, 7) is 2.75. The Morgan fingerprint density at radius 1 is 1.30 bits per heavy atom. The van der Waals surface area contributed by atoms with Crippen molar-refractivity contribution >= 4 is 27.5 Å². The topological polar surface area (TPSA) is 44.9 Å². The molecule has 1 atom stereocenters. The number of aromatic nitrogens is 1. The lowest BCUT2D eigenvalue weighted by atomic mass is 10.0. The first-order valence-electron chi connectivity index (χ1n) is 6.63. The Morgan fingerprint density at radius 2 is 2.10 bits per heavy atom. The lowest BCUT2D eigenvalue weighted by Crippen LogP contribution is -2.27. The molecule has 0 aliphatic rings. The minimum Gasteiger partial charge on any atom is -0.350 e. The van der Waals surface area contributed by atoms with Crippen LogP contribution in [-0.4, -0.2) is 17.4 Å². The van der Waals surface area contributed by atoms with Gasteiger partial charge in [-0.25, -0.2) is 0 Å². The first kappa shape index (κ1) is 12.9. The Kier molecular flexibility index (Phi) is 3.56. The second-order valence-electron chi connectivity index (χ2n) is 4.91. The molecule has 2 aromatic heterocycles. The number of carbonyl (C=O) groups excluding carboxylic acids is 1. The maximum absolute atomic E-state index is 12.1. The van der Waals surface area contributed by atoms with Crippen molar-refractivity contribution in [2.75, 3.05) is 6.54 Å². The molecule has 3 rings (SSSR count). The Labute approximate surface area is 121 Å². The minimum absolute atomic E-state index is 0.0452. The number of carbonyl (C=O) groups is 1. The van der Waals surface area contributed by atoms with Gasteiger partial charge in [0.05, 0.1) is 0 Å². The fourth-order valence-electron chi connectivity index (χ4n) is 2.21. The monoisotopic (exact) mass is 284 g/mol. The maximum Gasteiger partial charge on any atom is 0.267 e. The van der Waals surface area contributed by atoms with Gasteiger partial charge in [-0.3, -0.25) is 4.79 Å². The zero-order valence-electron chi connectivity index (χ0n) is 11.2. The van der Waals surface area contributed by atoms with E-state index >= 15 is 0 Å².